The lowest BCUT2D eigenvalue weighted by Gasteiger charge is -2.46. The van der Waals surface area contributed by atoms with Gasteiger partial charge in [0.2, 0.25) is 0 Å². The van der Waals surface area contributed by atoms with Crippen LogP contribution in [0.4, 0.5) is 0 Å². The number of aliphatic hydroxyl groups is 1. The van der Waals surface area contributed by atoms with E-state index in [-0.39, 0.29) is 24.2 Å². The number of Topliss-reactive ketones (excluding diaryl/α,β-unsaturated/α-hetero) is 2. The number of benzene rings is 2. The number of aliphatic hydroxyl groups excluding tert-OH is 1. The molecule has 2 aromatic carbocycles. The zero-order chi connectivity index (χ0) is 24.8. The number of hydrogen-bond acceptors (Lipinski definition) is 6. The minimum Gasteiger partial charge on any atom is -0.493 e. The fourth-order valence-electron chi connectivity index (χ4n) is 4.54. The van der Waals surface area contributed by atoms with Crippen LogP contribution in [0.3, 0.4) is 0 Å². The second kappa shape index (κ2) is 11.0. The Kier molecular flexibility index (Phi) is 8.26. The Morgan fingerprint density at radius 3 is 2.50 bits per heavy atom. The lowest BCUT2D eigenvalue weighted by Crippen LogP contribution is -2.57. The van der Waals surface area contributed by atoms with Crippen LogP contribution in [0.25, 0.3) is 0 Å². The maximum atomic E-state index is 13.6. The van der Waals surface area contributed by atoms with Crippen LogP contribution in [0.15, 0.2) is 42.5 Å². The molecule has 34 heavy (non-hydrogen) atoms. The summed E-state index contributed by atoms with van der Waals surface area (Å²) < 4.78 is 12.1. The highest BCUT2D eigenvalue weighted by atomic mass is 16.5. The van der Waals surface area contributed by atoms with Gasteiger partial charge in [0, 0.05) is 12.5 Å². The highest BCUT2D eigenvalue weighted by Crippen LogP contribution is 2.49. The maximum Gasteiger partial charge on any atom is 0.184 e. The van der Waals surface area contributed by atoms with Crippen molar-refractivity contribution in [2.75, 3.05) is 6.61 Å². The molecule has 6 nitrogen and oxygen atoms in total. The largest absolute Gasteiger partial charge is 0.493 e. The number of fused-ring (bicyclic) bond motifs is 1. The number of aryl methyl sites for hydroxylation is 1. The first-order valence-corrected chi connectivity index (χ1v) is 11.9. The lowest BCUT2D eigenvalue weighted by atomic mass is 9.64. The topological polar surface area (TPSA) is 89.9 Å². The SMILES string of the molecule is CC(=O)CCC1(C=O)C(=O)c2c(CO)cc(OCCCCCc3ccccc3)cc2OC1(C)C. The van der Waals surface area contributed by atoms with Crippen LogP contribution in [-0.4, -0.2) is 35.2 Å². The molecule has 1 unspecified atom stereocenters. The van der Waals surface area contributed by atoms with Gasteiger partial charge in [-0.3, -0.25) is 4.79 Å². The van der Waals surface area contributed by atoms with Crippen molar-refractivity contribution in [2.24, 2.45) is 5.41 Å². The third kappa shape index (κ3) is 5.39. The molecule has 6 heteroatoms. The van der Waals surface area contributed by atoms with E-state index in [2.05, 4.69) is 12.1 Å². The van der Waals surface area contributed by atoms with Crippen LogP contribution in [0.5, 0.6) is 11.5 Å². The zero-order valence-electron chi connectivity index (χ0n) is 20.3. The summed E-state index contributed by atoms with van der Waals surface area (Å²) in [5.74, 6) is 0.273. The van der Waals surface area contributed by atoms with Crippen molar-refractivity contribution < 1.29 is 29.0 Å². The van der Waals surface area contributed by atoms with Gasteiger partial charge in [0.25, 0.3) is 0 Å². The smallest absolute Gasteiger partial charge is 0.184 e. The van der Waals surface area contributed by atoms with E-state index in [1.54, 1.807) is 26.0 Å². The van der Waals surface area contributed by atoms with Crippen LogP contribution in [-0.2, 0) is 22.6 Å². The van der Waals surface area contributed by atoms with E-state index in [0.29, 0.717) is 30.0 Å². The van der Waals surface area contributed by atoms with Crippen molar-refractivity contribution in [2.45, 2.75) is 71.5 Å². The molecule has 2 aromatic rings. The summed E-state index contributed by atoms with van der Waals surface area (Å²) in [7, 11) is 0. The molecule has 3 rings (SSSR count). The number of carbonyl (C=O) groups is 3. The van der Waals surface area contributed by atoms with Gasteiger partial charge in [0.1, 0.15) is 34.6 Å². The van der Waals surface area contributed by atoms with Gasteiger partial charge >= 0.3 is 0 Å². The predicted molar refractivity (Wildman–Crippen MR) is 129 cm³/mol. The Morgan fingerprint density at radius 1 is 1.12 bits per heavy atom. The van der Waals surface area contributed by atoms with Crippen LogP contribution in [0.2, 0.25) is 0 Å². The van der Waals surface area contributed by atoms with E-state index in [1.807, 2.05) is 18.2 Å². The molecule has 0 bridgehead atoms. The number of ketones is 2. The average molecular weight is 467 g/mol. The first-order chi connectivity index (χ1) is 16.2. The van der Waals surface area contributed by atoms with Gasteiger partial charge in [-0.1, -0.05) is 30.3 Å². The summed E-state index contributed by atoms with van der Waals surface area (Å²) >= 11 is 0. The predicted octanol–water partition coefficient (Wildman–Crippen LogP) is 4.88. The molecule has 1 N–H and O–H groups in total. The molecule has 1 heterocycles. The van der Waals surface area contributed by atoms with Gasteiger partial charge in [-0.05, 0) is 70.1 Å². The summed E-state index contributed by atoms with van der Waals surface area (Å²) in [6.07, 6.45) is 4.74. The van der Waals surface area contributed by atoms with Gasteiger partial charge in [-0.2, -0.15) is 0 Å². The van der Waals surface area contributed by atoms with Crippen LogP contribution < -0.4 is 9.47 Å². The van der Waals surface area contributed by atoms with Crippen molar-refractivity contribution in [3.05, 3.63) is 59.2 Å². The number of aldehydes is 1. The van der Waals surface area contributed by atoms with Crippen molar-refractivity contribution in [3.63, 3.8) is 0 Å². The molecule has 182 valence electrons. The number of ether oxygens (including phenoxy) is 2. The molecule has 0 aliphatic carbocycles. The van der Waals surface area contributed by atoms with E-state index in [9.17, 15) is 19.5 Å². The Balaban J connectivity index is 1.70. The van der Waals surface area contributed by atoms with Gasteiger partial charge in [0.05, 0.1) is 18.8 Å². The quantitative estimate of drug-likeness (QED) is 0.272. The number of carbonyl (C=O) groups excluding carboxylic acids is 3. The number of rotatable bonds is 12. The number of unbranched alkanes of at least 4 members (excludes halogenated alkanes) is 2. The molecule has 0 fully saturated rings. The molecule has 0 amide bonds. The summed E-state index contributed by atoms with van der Waals surface area (Å²) in [5, 5.41) is 9.97. The van der Waals surface area contributed by atoms with E-state index in [0.717, 1.165) is 25.7 Å². The Hall–Kier alpha value is -2.99. The zero-order valence-corrected chi connectivity index (χ0v) is 20.3. The summed E-state index contributed by atoms with van der Waals surface area (Å²) in [6, 6.07) is 13.6. The normalized spacial score (nSPS) is 18.6. The molecule has 0 saturated heterocycles. The molecule has 0 aromatic heterocycles. The monoisotopic (exact) mass is 466 g/mol. The minimum absolute atomic E-state index is 0.0587. The van der Waals surface area contributed by atoms with Crippen LogP contribution >= 0.6 is 0 Å². The van der Waals surface area contributed by atoms with Crippen LogP contribution in [0, 0.1) is 5.41 Å². The molecular formula is C28H34O6. The van der Waals surface area contributed by atoms with Gasteiger partial charge in [-0.15, -0.1) is 0 Å². The van der Waals surface area contributed by atoms with Gasteiger partial charge in [-0.25, -0.2) is 0 Å². The van der Waals surface area contributed by atoms with Gasteiger partial charge < -0.3 is 24.2 Å². The van der Waals surface area contributed by atoms with E-state index in [4.69, 9.17) is 9.47 Å². The van der Waals surface area contributed by atoms with Gasteiger partial charge in [0.15, 0.2) is 5.78 Å². The molecule has 0 radical (unpaired) electrons. The van der Waals surface area contributed by atoms with Crippen molar-refractivity contribution >= 4 is 17.9 Å². The Bertz CT molecular complexity index is 1030. The van der Waals surface area contributed by atoms with E-state index >= 15 is 0 Å². The Morgan fingerprint density at radius 2 is 1.85 bits per heavy atom. The van der Waals surface area contributed by atoms with Crippen molar-refractivity contribution in [1.82, 2.24) is 0 Å². The number of hydrogen-bond donors (Lipinski definition) is 1. The molecule has 1 aliphatic heterocycles. The molecular weight excluding hydrogens is 432 g/mol. The fourth-order valence-corrected chi connectivity index (χ4v) is 4.54. The van der Waals surface area contributed by atoms with E-state index < -0.39 is 23.4 Å². The summed E-state index contributed by atoms with van der Waals surface area (Å²) in [5.41, 5.74) is -0.794. The minimum atomic E-state index is -1.50. The maximum absolute atomic E-state index is 13.6. The van der Waals surface area contributed by atoms with Crippen molar-refractivity contribution in [3.8, 4) is 11.5 Å². The van der Waals surface area contributed by atoms with Crippen molar-refractivity contribution in [1.29, 1.82) is 0 Å². The summed E-state index contributed by atoms with van der Waals surface area (Å²) in [6.45, 7) is 4.90. The first-order valence-electron chi connectivity index (χ1n) is 11.9. The molecule has 0 spiro atoms. The Labute approximate surface area is 201 Å². The molecule has 1 aliphatic rings. The molecule has 0 saturated carbocycles. The highest BCUT2D eigenvalue weighted by Gasteiger charge is 2.57. The second-order valence-corrected chi connectivity index (χ2v) is 9.49. The molecule has 1 atom stereocenters. The fraction of sp³-hybridized carbons (Fsp3) is 0.464. The third-order valence-corrected chi connectivity index (χ3v) is 6.69. The third-order valence-electron chi connectivity index (χ3n) is 6.69. The van der Waals surface area contributed by atoms with Crippen LogP contribution in [0.1, 0.15) is 74.4 Å². The second-order valence-electron chi connectivity index (χ2n) is 9.49. The average Bonchev–Trinajstić information content (AvgIpc) is 2.81. The van der Waals surface area contributed by atoms with E-state index in [1.165, 1.54) is 12.5 Å². The standard InChI is InChI=1S/C28H34O6/c1-20(31)13-14-28(19-30)26(32)25-22(18-29)16-23(17-24(25)34-27(28,2)3)33-15-9-5-8-12-21-10-6-4-7-11-21/h4,6-7,10-11,16-17,19,29H,5,8-9,12-15,18H2,1-3H3. The first kappa shape index (κ1) is 25.6. The summed E-state index contributed by atoms with van der Waals surface area (Å²) in [4.78, 5) is 37.4. The highest BCUT2D eigenvalue weighted by molar-refractivity contribution is 6.13. The lowest BCUT2D eigenvalue weighted by molar-refractivity contribution is -0.126.